The highest BCUT2D eigenvalue weighted by atomic mass is 31.2. The molecule has 0 aromatic carbocycles. The second-order valence-corrected chi connectivity index (χ2v) is 10.4. The smallest absolute Gasteiger partial charge is 0.309 e. The topological polar surface area (TPSA) is 35.5 Å². The fourth-order valence-electron chi connectivity index (χ4n) is 2.43. The van der Waals surface area contributed by atoms with Crippen LogP contribution >= 0.6 is 7.60 Å². The van der Waals surface area contributed by atoms with E-state index in [2.05, 4.69) is 34.6 Å². The Balaban J connectivity index is 3.84. The lowest BCUT2D eigenvalue weighted by Crippen LogP contribution is -2.15. The predicted molar refractivity (Wildman–Crippen MR) is 106 cm³/mol. The normalized spacial score (nSPS) is 14.7. The van der Waals surface area contributed by atoms with Crippen molar-refractivity contribution in [2.24, 2.45) is 5.41 Å². The molecule has 146 valence electrons. The van der Waals surface area contributed by atoms with E-state index in [9.17, 15) is 4.57 Å². The van der Waals surface area contributed by atoms with Crippen molar-refractivity contribution in [2.45, 2.75) is 105 Å². The van der Waals surface area contributed by atoms with Gasteiger partial charge >= 0.3 is 7.60 Å². The Morgan fingerprint density at radius 2 is 1.21 bits per heavy atom. The number of hydrogen-bond donors (Lipinski definition) is 0. The molecule has 4 heteroatoms. The molecule has 0 bridgehead atoms. The molecule has 3 nitrogen and oxygen atoms in total. The second kappa shape index (κ2) is 14.3. The average molecular weight is 363 g/mol. The fraction of sp³-hybridized carbons (Fsp3) is 1.00. The van der Waals surface area contributed by atoms with Crippen LogP contribution in [0.1, 0.15) is 105 Å². The molecule has 1 atom stereocenters. The number of rotatable bonds is 16. The molecule has 0 rings (SSSR count). The van der Waals surface area contributed by atoms with E-state index in [1.807, 2.05) is 0 Å². The first kappa shape index (κ1) is 24.1. The monoisotopic (exact) mass is 362 g/mol. The Hall–Kier alpha value is 0.150. The van der Waals surface area contributed by atoms with Crippen LogP contribution in [0.2, 0.25) is 0 Å². The van der Waals surface area contributed by atoms with Crippen molar-refractivity contribution in [3.8, 4) is 0 Å². The summed E-state index contributed by atoms with van der Waals surface area (Å²) in [6.07, 6.45) is 14.0. The summed E-state index contributed by atoms with van der Waals surface area (Å²) in [6, 6.07) is 0. The van der Waals surface area contributed by atoms with Crippen LogP contribution in [0.25, 0.3) is 0 Å². The van der Waals surface area contributed by atoms with E-state index in [0.29, 0.717) is 19.4 Å². The number of hydrogen-bond acceptors (Lipinski definition) is 3. The molecular weight excluding hydrogens is 319 g/mol. The van der Waals surface area contributed by atoms with Crippen LogP contribution < -0.4 is 0 Å². The summed E-state index contributed by atoms with van der Waals surface area (Å²) in [6.45, 7) is 11.7. The lowest BCUT2D eigenvalue weighted by atomic mass is 9.99. The van der Waals surface area contributed by atoms with Gasteiger partial charge in [-0.15, -0.1) is 0 Å². The highest BCUT2D eigenvalue weighted by Gasteiger charge is 2.26. The molecule has 0 heterocycles. The van der Waals surface area contributed by atoms with Crippen LogP contribution in [-0.2, 0) is 13.6 Å². The van der Waals surface area contributed by atoms with Gasteiger partial charge in [-0.2, -0.15) is 0 Å². The third-order valence-corrected chi connectivity index (χ3v) is 5.98. The van der Waals surface area contributed by atoms with Crippen LogP contribution in [0.3, 0.4) is 0 Å². The first-order valence-electron chi connectivity index (χ1n) is 10.2. The molecule has 0 aliphatic heterocycles. The van der Waals surface area contributed by atoms with Crippen molar-refractivity contribution < 1.29 is 13.6 Å². The van der Waals surface area contributed by atoms with E-state index in [-0.39, 0.29) is 5.41 Å². The summed E-state index contributed by atoms with van der Waals surface area (Å²) in [5, 5.41) is 0. The molecule has 0 spiro atoms. The molecule has 0 saturated carbocycles. The first-order valence-corrected chi connectivity index (χ1v) is 11.9. The quantitative estimate of drug-likeness (QED) is 0.209. The average Bonchev–Trinajstić information content (AvgIpc) is 2.52. The van der Waals surface area contributed by atoms with Crippen molar-refractivity contribution >= 4 is 7.60 Å². The molecule has 0 saturated heterocycles. The minimum absolute atomic E-state index is 0.0169. The van der Waals surface area contributed by atoms with Crippen LogP contribution in [0.5, 0.6) is 0 Å². The lowest BCUT2D eigenvalue weighted by Gasteiger charge is -2.24. The zero-order chi connectivity index (χ0) is 18.3. The summed E-state index contributed by atoms with van der Waals surface area (Å²) in [5.74, 6) is 0. The largest absolute Gasteiger partial charge is 0.330 e. The lowest BCUT2D eigenvalue weighted by molar-refractivity contribution is 0.149. The number of unbranched alkanes of at least 4 members (excludes halogenated alkanes) is 9. The molecule has 0 aliphatic rings. The molecule has 1 unspecified atom stereocenters. The Morgan fingerprint density at radius 1 is 0.708 bits per heavy atom. The Morgan fingerprint density at radius 3 is 1.71 bits per heavy atom. The van der Waals surface area contributed by atoms with Crippen LogP contribution in [0.4, 0.5) is 0 Å². The molecule has 0 amide bonds. The summed E-state index contributed by atoms with van der Waals surface area (Å²) in [4.78, 5) is 0. The maximum absolute atomic E-state index is 12.8. The van der Waals surface area contributed by atoms with Crippen molar-refractivity contribution in [1.82, 2.24) is 0 Å². The third kappa shape index (κ3) is 15.7. The van der Waals surface area contributed by atoms with Crippen LogP contribution in [0.15, 0.2) is 0 Å². The van der Waals surface area contributed by atoms with Crippen molar-refractivity contribution in [3.63, 3.8) is 0 Å². The van der Waals surface area contributed by atoms with E-state index >= 15 is 0 Å². The van der Waals surface area contributed by atoms with Gasteiger partial charge in [-0.05, 0) is 18.3 Å². The minimum Gasteiger partial charge on any atom is -0.309 e. The molecule has 24 heavy (non-hydrogen) atoms. The van der Waals surface area contributed by atoms with E-state index in [0.717, 1.165) is 19.3 Å². The molecule has 0 fully saturated rings. The van der Waals surface area contributed by atoms with Crippen molar-refractivity contribution in [2.75, 3.05) is 19.4 Å². The molecule has 0 N–H and O–H groups in total. The van der Waals surface area contributed by atoms with Gasteiger partial charge in [0.1, 0.15) is 0 Å². The van der Waals surface area contributed by atoms with Gasteiger partial charge in [0.15, 0.2) is 0 Å². The second-order valence-electron chi connectivity index (χ2n) is 8.18. The van der Waals surface area contributed by atoms with E-state index < -0.39 is 7.60 Å². The van der Waals surface area contributed by atoms with Crippen molar-refractivity contribution in [3.05, 3.63) is 0 Å². The summed E-state index contributed by atoms with van der Waals surface area (Å²) in [7, 11) is -2.91. The van der Waals surface area contributed by atoms with Gasteiger partial charge < -0.3 is 9.05 Å². The summed E-state index contributed by atoms with van der Waals surface area (Å²) in [5.41, 5.74) is 0.0169. The zero-order valence-corrected chi connectivity index (χ0v) is 18.0. The molecule has 0 radical (unpaired) electrons. The van der Waals surface area contributed by atoms with E-state index in [1.54, 1.807) is 0 Å². The van der Waals surface area contributed by atoms with Gasteiger partial charge in [-0.3, -0.25) is 4.57 Å². The Bertz CT molecular complexity index is 323. The van der Waals surface area contributed by atoms with Gasteiger partial charge in [0.05, 0.1) is 19.4 Å². The predicted octanol–water partition coefficient (Wildman–Crippen LogP) is 7.59. The van der Waals surface area contributed by atoms with Gasteiger partial charge in [0, 0.05) is 0 Å². The highest BCUT2D eigenvalue weighted by Crippen LogP contribution is 2.50. The van der Waals surface area contributed by atoms with Crippen LogP contribution in [0, 0.1) is 5.41 Å². The molecular formula is C20H43O3P. The molecule has 0 aromatic heterocycles. The van der Waals surface area contributed by atoms with Gasteiger partial charge in [0.2, 0.25) is 0 Å². The van der Waals surface area contributed by atoms with Crippen molar-refractivity contribution in [1.29, 1.82) is 0 Å². The van der Waals surface area contributed by atoms with E-state index in [4.69, 9.17) is 9.05 Å². The summed E-state index contributed by atoms with van der Waals surface area (Å²) < 4.78 is 24.2. The van der Waals surface area contributed by atoms with E-state index in [1.165, 1.54) is 51.4 Å². The highest BCUT2D eigenvalue weighted by molar-refractivity contribution is 7.53. The standard InChI is InChI=1S/C20H43O3P/c1-6-8-10-11-12-13-14-15-16-17-22-24(21,18-9-7-2)23-19-20(3,4)5/h6-19H2,1-5H3. The maximum Gasteiger partial charge on any atom is 0.330 e. The fourth-order valence-corrected chi connectivity index (χ4v) is 4.45. The summed E-state index contributed by atoms with van der Waals surface area (Å²) >= 11 is 0. The van der Waals surface area contributed by atoms with Crippen LogP contribution in [-0.4, -0.2) is 19.4 Å². The SMILES string of the molecule is CCCCCCCCCCCOP(=O)(CCCC)OCC(C)(C)C. The minimum atomic E-state index is -2.91. The molecule has 0 aromatic rings. The zero-order valence-electron chi connectivity index (χ0n) is 17.1. The first-order chi connectivity index (χ1) is 11.3. The van der Waals surface area contributed by atoms with Gasteiger partial charge in [-0.1, -0.05) is 92.4 Å². The molecule has 0 aliphatic carbocycles. The maximum atomic E-state index is 12.8. The van der Waals surface area contributed by atoms with Gasteiger partial charge in [0.25, 0.3) is 0 Å². The van der Waals surface area contributed by atoms with Gasteiger partial charge in [-0.25, -0.2) is 0 Å². The third-order valence-electron chi connectivity index (χ3n) is 4.02. The Kier molecular flexibility index (Phi) is 14.4. The Labute approximate surface area is 151 Å².